The van der Waals surface area contributed by atoms with Gasteiger partial charge in [0.2, 0.25) is 5.88 Å². The van der Waals surface area contributed by atoms with Crippen molar-refractivity contribution in [2.24, 2.45) is 0 Å². The highest BCUT2D eigenvalue weighted by Gasteiger charge is 2.32. The van der Waals surface area contributed by atoms with Crippen LogP contribution in [0.25, 0.3) is 5.69 Å². The molecule has 0 saturated heterocycles. The van der Waals surface area contributed by atoms with Gasteiger partial charge < -0.3 is 14.6 Å². The van der Waals surface area contributed by atoms with E-state index in [-0.39, 0.29) is 5.82 Å². The number of aliphatic hydroxyl groups excluding tert-OH is 1. The molecule has 6 nitrogen and oxygen atoms in total. The van der Waals surface area contributed by atoms with Crippen molar-refractivity contribution >= 4 is 0 Å². The van der Waals surface area contributed by atoms with Crippen LogP contribution >= 0.6 is 0 Å². The molecule has 1 fully saturated rings. The Hall–Kier alpha value is -2.74. The quantitative estimate of drug-likeness (QED) is 0.478. The fourth-order valence-electron chi connectivity index (χ4n) is 3.77. The normalized spacial score (nSPS) is 14.7. The predicted octanol–water partition coefficient (Wildman–Crippen LogP) is 4.47. The van der Waals surface area contributed by atoms with Gasteiger partial charge in [-0.2, -0.15) is 5.10 Å². The summed E-state index contributed by atoms with van der Waals surface area (Å²) in [6.45, 7) is 5.86. The number of halogens is 1. The molecule has 7 heteroatoms. The first-order chi connectivity index (χ1) is 15.5. The zero-order valence-corrected chi connectivity index (χ0v) is 18.6. The van der Waals surface area contributed by atoms with Gasteiger partial charge in [0.15, 0.2) is 0 Å². The molecule has 1 aliphatic carbocycles. The molecule has 1 saturated carbocycles. The molecule has 0 bridgehead atoms. The standard InChI is InChI=1S/C25H30FN3O3/c1-3-31-17-22(30)15-28(20-12-13-20)16-24-18(2)27-29(21-9-5-4-6-10-21)25(24)32-23-11-7-8-19(26)14-23/h4-11,14,20,22,30H,3,12-13,15-17H2,1-2H3/t22-/m1/s1. The summed E-state index contributed by atoms with van der Waals surface area (Å²) < 4.78 is 27.2. The molecule has 1 heterocycles. The fourth-order valence-corrected chi connectivity index (χ4v) is 3.77. The summed E-state index contributed by atoms with van der Waals surface area (Å²) in [7, 11) is 0. The zero-order valence-electron chi connectivity index (χ0n) is 18.6. The molecule has 0 amide bonds. The Bertz CT molecular complexity index is 1020. The number of rotatable bonds is 11. The number of aryl methyl sites for hydroxylation is 1. The second kappa shape index (κ2) is 10.3. The molecule has 0 unspecified atom stereocenters. The molecule has 1 atom stereocenters. The van der Waals surface area contributed by atoms with E-state index in [9.17, 15) is 9.50 Å². The van der Waals surface area contributed by atoms with E-state index in [1.54, 1.807) is 16.8 Å². The summed E-state index contributed by atoms with van der Waals surface area (Å²) in [5.41, 5.74) is 2.63. The van der Waals surface area contributed by atoms with E-state index in [0.717, 1.165) is 29.8 Å². The van der Waals surface area contributed by atoms with Crippen LogP contribution < -0.4 is 4.74 Å². The lowest BCUT2D eigenvalue weighted by Crippen LogP contribution is -2.36. The lowest BCUT2D eigenvalue weighted by atomic mass is 10.2. The summed E-state index contributed by atoms with van der Waals surface area (Å²) in [6.07, 6.45) is 1.65. The first kappa shape index (κ1) is 22.5. The zero-order chi connectivity index (χ0) is 22.5. The SMILES string of the molecule is CCOC[C@H](O)CN(Cc1c(C)nn(-c2ccccc2)c1Oc1cccc(F)c1)C1CC1. The van der Waals surface area contributed by atoms with Crippen LogP contribution in [0.2, 0.25) is 0 Å². The Balaban J connectivity index is 1.66. The summed E-state index contributed by atoms with van der Waals surface area (Å²) in [5.74, 6) is 0.618. The van der Waals surface area contributed by atoms with E-state index in [1.165, 1.54) is 12.1 Å². The molecule has 1 aliphatic rings. The Morgan fingerprint density at radius 3 is 2.66 bits per heavy atom. The van der Waals surface area contributed by atoms with Crippen molar-refractivity contribution < 1.29 is 19.0 Å². The summed E-state index contributed by atoms with van der Waals surface area (Å²) in [5, 5.41) is 15.2. The predicted molar refractivity (Wildman–Crippen MR) is 121 cm³/mol. The van der Waals surface area contributed by atoms with Gasteiger partial charge in [-0.3, -0.25) is 4.90 Å². The maximum Gasteiger partial charge on any atom is 0.227 e. The molecule has 0 spiro atoms. The van der Waals surface area contributed by atoms with Crippen molar-refractivity contribution in [1.82, 2.24) is 14.7 Å². The summed E-state index contributed by atoms with van der Waals surface area (Å²) >= 11 is 0. The van der Waals surface area contributed by atoms with Crippen LogP contribution in [-0.4, -0.2) is 51.7 Å². The van der Waals surface area contributed by atoms with Gasteiger partial charge in [0.05, 0.1) is 29.7 Å². The van der Waals surface area contributed by atoms with Gasteiger partial charge in [-0.1, -0.05) is 24.3 Å². The van der Waals surface area contributed by atoms with Crippen LogP contribution in [-0.2, 0) is 11.3 Å². The van der Waals surface area contributed by atoms with Gasteiger partial charge >= 0.3 is 0 Å². The molecule has 0 aliphatic heterocycles. The largest absolute Gasteiger partial charge is 0.438 e. The first-order valence-electron chi connectivity index (χ1n) is 11.1. The van der Waals surface area contributed by atoms with Crippen molar-refractivity contribution in [3.8, 4) is 17.3 Å². The third kappa shape index (κ3) is 5.54. The Labute approximate surface area is 188 Å². The highest BCUT2D eigenvalue weighted by molar-refractivity contribution is 5.43. The third-order valence-corrected chi connectivity index (χ3v) is 5.53. The number of hydrogen-bond acceptors (Lipinski definition) is 5. The van der Waals surface area contributed by atoms with Gasteiger partial charge in [0, 0.05) is 31.8 Å². The van der Waals surface area contributed by atoms with Crippen LogP contribution in [0.15, 0.2) is 54.6 Å². The molecular formula is C25H30FN3O3. The highest BCUT2D eigenvalue weighted by Crippen LogP contribution is 2.35. The van der Waals surface area contributed by atoms with Crippen LogP contribution in [0.3, 0.4) is 0 Å². The highest BCUT2D eigenvalue weighted by atomic mass is 19.1. The van der Waals surface area contributed by atoms with Crippen molar-refractivity contribution in [1.29, 1.82) is 0 Å². The second-order valence-corrected chi connectivity index (χ2v) is 8.15. The maximum atomic E-state index is 13.8. The monoisotopic (exact) mass is 439 g/mol. The topological polar surface area (TPSA) is 59.8 Å². The molecule has 1 N–H and O–H groups in total. The van der Waals surface area contributed by atoms with Gasteiger partial charge in [0.25, 0.3) is 0 Å². The molecule has 3 aromatic rings. The molecular weight excluding hydrogens is 409 g/mol. The molecule has 2 aromatic carbocycles. The van der Waals surface area contributed by atoms with Crippen LogP contribution in [0.4, 0.5) is 4.39 Å². The van der Waals surface area contributed by atoms with Crippen molar-refractivity contribution in [3.05, 3.63) is 71.7 Å². The van der Waals surface area contributed by atoms with Crippen LogP contribution in [0.5, 0.6) is 11.6 Å². The number of aliphatic hydroxyl groups is 1. The van der Waals surface area contributed by atoms with Crippen LogP contribution in [0, 0.1) is 12.7 Å². The minimum atomic E-state index is -0.562. The third-order valence-electron chi connectivity index (χ3n) is 5.53. The number of ether oxygens (including phenoxy) is 2. The van der Waals surface area contributed by atoms with E-state index in [0.29, 0.717) is 44.0 Å². The Morgan fingerprint density at radius 2 is 1.97 bits per heavy atom. The van der Waals surface area contributed by atoms with Crippen molar-refractivity contribution in [3.63, 3.8) is 0 Å². The lowest BCUT2D eigenvalue weighted by molar-refractivity contribution is 0.0177. The van der Waals surface area contributed by atoms with Crippen molar-refractivity contribution in [2.75, 3.05) is 19.8 Å². The van der Waals surface area contributed by atoms with Crippen LogP contribution in [0.1, 0.15) is 31.0 Å². The smallest absolute Gasteiger partial charge is 0.227 e. The van der Waals surface area contributed by atoms with E-state index < -0.39 is 6.10 Å². The lowest BCUT2D eigenvalue weighted by Gasteiger charge is -2.25. The Morgan fingerprint density at radius 1 is 1.19 bits per heavy atom. The molecule has 170 valence electrons. The minimum Gasteiger partial charge on any atom is -0.438 e. The summed E-state index contributed by atoms with van der Waals surface area (Å²) in [6, 6.07) is 16.3. The molecule has 0 radical (unpaired) electrons. The number of para-hydroxylation sites is 1. The number of nitrogens with zero attached hydrogens (tertiary/aromatic N) is 3. The summed E-state index contributed by atoms with van der Waals surface area (Å²) in [4.78, 5) is 2.27. The number of hydrogen-bond donors (Lipinski definition) is 1. The van der Waals surface area contributed by atoms with E-state index in [1.807, 2.05) is 44.2 Å². The van der Waals surface area contributed by atoms with E-state index in [2.05, 4.69) is 4.90 Å². The number of benzene rings is 2. The number of aromatic nitrogens is 2. The van der Waals surface area contributed by atoms with E-state index >= 15 is 0 Å². The molecule has 4 rings (SSSR count). The van der Waals surface area contributed by atoms with E-state index in [4.69, 9.17) is 14.6 Å². The molecule has 32 heavy (non-hydrogen) atoms. The Kier molecular flexibility index (Phi) is 7.19. The van der Waals surface area contributed by atoms with Gasteiger partial charge in [-0.05, 0) is 51.0 Å². The van der Waals surface area contributed by atoms with Gasteiger partial charge in [0.1, 0.15) is 11.6 Å². The molecule has 1 aromatic heterocycles. The second-order valence-electron chi connectivity index (χ2n) is 8.15. The first-order valence-corrected chi connectivity index (χ1v) is 11.1. The average Bonchev–Trinajstić information content (AvgIpc) is 3.59. The average molecular weight is 440 g/mol. The fraction of sp³-hybridized carbons (Fsp3) is 0.400. The van der Waals surface area contributed by atoms with Gasteiger partial charge in [-0.25, -0.2) is 9.07 Å². The minimum absolute atomic E-state index is 0.314. The van der Waals surface area contributed by atoms with Crippen molar-refractivity contribution in [2.45, 2.75) is 45.4 Å². The maximum absolute atomic E-state index is 13.8. The van der Waals surface area contributed by atoms with Gasteiger partial charge in [-0.15, -0.1) is 0 Å².